The predicted molar refractivity (Wildman–Crippen MR) is 38.4 cm³/mol. The Morgan fingerprint density at radius 1 is 1.64 bits per heavy atom. The lowest BCUT2D eigenvalue weighted by molar-refractivity contribution is -0.152. The minimum Gasteiger partial charge on any atom is -0.456 e. The topological polar surface area (TPSA) is 46.2 Å². The number of carbonyl (C=O) groups excluding carboxylic acids is 1. The van der Waals surface area contributed by atoms with Gasteiger partial charge in [-0.2, -0.15) is 0 Å². The molecular formula is C8H11O3. The van der Waals surface area contributed by atoms with E-state index in [1.54, 1.807) is 0 Å². The van der Waals surface area contributed by atoms with E-state index in [1.165, 1.54) is 0 Å². The van der Waals surface area contributed by atoms with Gasteiger partial charge in [0.15, 0.2) is 6.61 Å². The fourth-order valence-corrected chi connectivity index (χ4v) is 1.08. The first-order chi connectivity index (χ1) is 5.33. The highest BCUT2D eigenvalue weighted by Crippen LogP contribution is 2.13. The standard InChI is InChI=1S/C8H11O3/c9-6-8(10)11-7-4-2-1-3-5-7/h2,4,7H,1,3,5-6H2. The summed E-state index contributed by atoms with van der Waals surface area (Å²) in [5.74, 6) is -0.651. The molecule has 1 unspecified atom stereocenters. The minimum atomic E-state index is -0.773. The van der Waals surface area contributed by atoms with Crippen LogP contribution in [-0.2, 0) is 14.6 Å². The summed E-state index contributed by atoms with van der Waals surface area (Å²) in [5.41, 5.74) is 0. The van der Waals surface area contributed by atoms with Crippen LogP contribution in [0, 0.1) is 0 Å². The van der Waals surface area contributed by atoms with Crippen LogP contribution in [0.4, 0.5) is 0 Å². The second-order valence-corrected chi connectivity index (χ2v) is 2.53. The average Bonchev–Trinajstić information content (AvgIpc) is 2.06. The van der Waals surface area contributed by atoms with Gasteiger partial charge in [-0.25, -0.2) is 9.90 Å². The Morgan fingerprint density at radius 3 is 3.00 bits per heavy atom. The molecule has 0 saturated carbocycles. The lowest BCUT2D eigenvalue weighted by atomic mass is 10.1. The van der Waals surface area contributed by atoms with Crippen LogP contribution in [0.25, 0.3) is 0 Å². The summed E-state index contributed by atoms with van der Waals surface area (Å²) in [7, 11) is 0. The summed E-state index contributed by atoms with van der Waals surface area (Å²) in [4.78, 5) is 10.5. The summed E-state index contributed by atoms with van der Waals surface area (Å²) in [6, 6.07) is 0. The first-order valence-corrected chi connectivity index (χ1v) is 3.77. The zero-order chi connectivity index (χ0) is 8.10. The second kappa shape index (κ2) is 4.13. The number of hydrogen-bond donors (Lipinski definition) is 0. The Kier molecular flexibility index (Phi) is 3.11. The van der Waals surface area contributed by atoms with Crippen LogP contribution in [-0.4, -0.2) is 18.7 Å². The zero-order valence-corrected chi connectivity index (χ0v) is 6.29. The molecular weight excluding hydrogens is 144 g/mol. The number of carbonyl (C=O) groups is 1. The summed E-state index contributed by atoms with van der Waals surface area (Å²) >= 11 is 0. The summed E-state index contributed by atoms with van der Waals surface area (Å²) < 4.78 is 4.80. The molecule has 0 aliphatic heterocycles. The molecule has 0 saturated heterocycles. The number of hydrogen-bond acceptors (Lipinski definition) is 2. The van der Waals surface area contributed by atoms with Crippen molar-refractivity contribution in [2.75, 3.05) is 6.61 Å². The summed E-state index contributed by atoms with van der Waals surface area (Å²) in [6.45, 7) is -0.773. The van der Waals surface area contributed by atoms with Crippen molar-refractivity contribution in [1.29, 1.82) is 0 Å². The van der Waals surface area contributed by atoms with E-state index in [2.05, 4.69) is 0 Å². The van der Waals surface area contributed by atoms with Crippen molar-refractivity contribution in [3.8, 4) is 0 Å². The number of esters is 1. The van der Waals surface area contributed by atoms with Crippen LogP contribution in [0.1, 0.15) is 19.3 Å². The van der Waals surface area contributed by atoms with Crippen molar-refractivity contribution in [2.24, 2.45) is 0 Å². The Balaban J connectivity index is 2.30. The highest BCUT2D eigenvalue weighted by molar-refractivity contribution is 5.70. The molecule has 0 amide bonds. The third-order valence-corrected chi connectivity index (χ3v) is 1.61. The molecule has 0 bridgehead atoms. The van der Waals surface area contributed by atoms with Crippen molar-refractivity contribution in [1.82, 2.24) is 0 Å². The van der Waals surface area contributed by atoms with Gasteiger partial charge in [-0.1, -0.05) is 6.08 Å². The SMILES string of the molecule is [O]CC(=O)OC1C=CCCC1. The quantitative estimate of drug-likeness (QED) is 0.442. The zero-order valence-electron chi connectivity index (χ0n) is 6.29. The van der Waals surface area contributed by atoms with Crippen LogP contribution in [0.2, 0.25) is 0 Å². The van der Waals surface area contributed by atoms with E-state index in [1.807, 2.05) is 12.2 Å². The molecule has 0 spiro atoms. The number of rotatable bonds is 2. The van der Waals surface area contributed by atoms with Crippen LogP contribution >= 0.6 is 0 Å². The molecule has 1 aliphatic rings. The molecule has 0 aromatic heterocycles. The average molecular weight is 155 g/mol. The smallest absolute Gasteiger partial charge is 0.336 e. The van der Waals surface area contributed by atoms with E-state index in [0.29, 0.717) is 0 Å². The van der Waals surface area contributed by atoms with Gasteiger partial charge in [0.25, 0.3) is 0 Å². The van der Waals surface area contributed by atoms with E-state index in [9.17, 15) is 9.90 Å². The summed E-state index contributed by atoms with van der Waals surface area (Å²) in [6.07, 6.45) is 6.61. The fourth-order valence-electron chi connectivity index (χ4n) is 1.08. The van der Waals surface area contributed by atoms with E-state index in [0.717, 1.165) is 19.3 Å². The Hall–Kier alpha value is -0.830. The van der Waals surface area contributed by atoms with Crippen LogP contribution in [0.3, 0.4) is 0 Å². The van der Waals surface area contributed by atoms with E-state index < -0.39 is 12.6 Å². The lowest BCUT2D eigenvalue weighted by Crippen LogP contribution is -2.19. The molecule has 11 heavy (non-hydrogen) atoms. The number of ether oxygens (including phenoxy) is 1. The first kappa shape index (κ1) is 8.27. The Morgan fingerprint density at radius 2 is 2.45 bits per heavy atom. The maximum absolute atomic E-state index is 10.5. The van der Waals surface area contributed by atoms with Crippen molar-refractivity contribution < 1.29 is 14.6 Å². The summed E-state index contributed by atoms with van der Waals surface area (Å²) in [5, 5.41) is 10.0. The largest absolute Gasteiger partial charge is 0.456 e. The third kappa shape index (κ3) is 2.72. The predicted octanol–water partition coefficient (Wildman–Crippen LogP) is 1.07. The molecule has 1 atom stereocenters. The van der Waals surface area contributed by atoms with E-state index >= 15 is 0 Å². The maximum atomic E-state index is 10.5. The second-order valence-electron chi connectivity index (χ2n) is 2.53. The highest BCUT2D eigenvalue weighted by atomic mass is 16.6. The van der Waals surface area contributed by atoms with Gasteiger partial charge in [-0.3, -0.25) is 0 Å². The van der Waals surface area contributed by atoms with E-state index in [4.69, 9.17) is 4.74 Å². The van der Waals surface area contributed by atoms with Crippen LogP contribution < -0.4 is 0 Å². The molecule has 1 aliphatic carbocycles. The molecule has 1 rings (SSSR count). The van der Waals surface area contributed by atoms with Gasteiger partial charge in [0.1, 0.15) is 6.10 Å². The Labute approximate surface area is 65.7 Å². The van der Waals surface area contributed by atoms with Gasteiger partial charge in [0.05, 0.1) is 0 Å². The van der Waals surface area contributed by atoms with Crippen molar-refractivity contribution in [2.45, 2.75) is 25.4 Å². The first-order valence-electron chi connectivity index (χ1n) is 3.77. The van der Waals surface area contributed by atoms with Crippen molar-refractivity contribution >= 4 is 5.97 Å². The Bertz CT molecular complexity index is 163. The van der Waals surface area contributed by atoms with Gasteiger partial charge in [0, 0.05) is 0 Å². The van der Waals surface area contributed by atoms with Crippen molar-refractivity contribution in [3.63, 3.8) is 0 Å². The van der Waals surface area contributed by atoms with Gasteiger partial charge in [-0.05, 0) is 25.3 Å². The molecule has 0 aromatic carbocycles. The van der Waals surface area contributed by atoms with Gasteiger partial charge in [-0.15, -0.1) is 0 Å². The molecule has 1 radical (unpaired) electrons. The van der Waals surface area contributed by atoms with Crippen LogP contribution in [0.5, 0.6) is 0 Å². The highest BCUT2D eigenvalue weighted by Gasteiger charge is 2.12. The fraction of sp³-hybridized carbons (Fsp3) is 0.625. The third-order valence-electron chi connectivity index (χ3n) is 1.61. The molecule has 0 N–H and O–H groups in total. The minimum absolute atomic E-state index is 0.148. The maximum Gasteiger partial charge on any atom is 0.336 e. The molecule has 61 valence electrons. The van der Waals surface area contributed by atoms with Gasteiger partial charge >= 0.3 is 5.97 Å². The molecule has 0 heterocycles. The molecule has 3 nitrogen and oxygen atoms in total. The van der Waals surface area contributed by atoms with Crippen LogP contribution in [0.15, 0.2) is 12.2 Å². The monoisotopic (exact) mass is 155 g/mol. The normalized spacial score (nSPS) is 23.2. The number of allylic oxidation sites excluding steroid dienone is 1. The van der Waals surface area contributed by atoms with Gasteiger partial charge in [0.2, 0.25) is 0 Å². The van der Waals surface area contributed by atoms with E-state index in [-0.39, 0.29) is 6.10 Å². The molecule has 3 heteroatoms. The lowest BCUT2D eigenvalue weighted by Gasteiger charge is -2.15. The molecule has 0 fully saturated rings. The molecule has 0 aromatic rings. The van der Waals surface area contributed by atoms with Crippen molar-refractivity contribution in [3.05, 3.63) is 12.2 Å². The van der Waals surface area contributed by atoms with Gasteiger partial charge < -0.3 is 4.74 Å².